The van der Waals surface area contributed by atoms with Crippen molar-refractivity contribution in [2.24, 2.45) is 0 Å². The van der Waals surface area contributed by atoms with E-state index < -0.39 is 0 Å². The molecule has 0 unspecified atom stereocenters. The van der Waals surface area contributed by atoms with Crippen molar-refractivity contribution in [3.63, 3.8) is 0 Å². The molecule has 3 rings (SSSR count). The summed E-state index contributed by atoms with van der Waals surface area (Å²) in [7, 11) is 0. The molecular weight excluding hydrogens is 275 g/mol. The smallest absolute Gasteiger partial charge is 0.0247 e. The summed E-state index contributed by atoms with van der Waals surface area (Å²) in [6.07, 6.45) is 8.04. The summed E-state index contributed by atoms with van der Waals surface area (Å²) in [4.78, 5) is 4.12. The molecule has 0 saturated carbocycles. The molecule has 0 aliphatic carbocycles. The van der Waals surface area contributed by atoms with Crippen LogP contribution in [0, 0.1) is 12.3 Å². The molecular formula is C13H7NOY-2. The Morgan fingerprint density at radius 2 is 2.12 bits per heavy atom. The Hall–Kier alpha value is -0.986. The van der Waals surface area contributed by atoms with Crippen molar-refractivity contribution in [2.75, 3.05) is 0 Å². The molecule has 0 spiro atoms. The van der Waals surface area contributed by atoms with Crippen molar-refractivity contribution >= 4 is 10.8 Å². The predicted octanol–water partition coefficient (Wildman–Crippen LogP) is 3.09. The van der Waals surface area contributed by atoms with Crippen molar-refractivity contribution in [3.05, 3.63) is 55.3 Å². The van der Waals surface area contributed by atoms with Gasteiger partial charge in [-0.1, -0.05) is 6.07 Å². The van der Waals surface area contributed by atoms with Crippen LogP contribution < -0.4 is 0 Å². The molecule has 0 bridgehead atoms. The van der Waals surface area contributed by atoms with Crippen LogP contribution in [0.4, 0.5) is 0 Å². The van der Waals surface area contributed by atoms with Gasteiger partial charge in [-0.15, -0.1) is 16.8 Å². The first kappa shape index (κ1) is 11.5. The Morgan fingerprint density at radius 1 is 1.19 bits per heavy atom. The number of furan rings is 1. The predicted molar refractivity (Wildman–Crippen MR) is 57.1 cm³/mol. The van der Waals surface area contributed by atoms with Crippen LogP contribution in [-0.2, 0) is 32.7 Å². The Kier molecular flexibility index (Phi) is 3.52. The van der Waals surface area contributed by atoms with Crippen LogP contribution in [0.3, 0.4) is 0 Å². The summed E-state index contributed by atoms with van der Waals surface area (Å²) in [5, 5.41) is 2.21. The van der Waals surface area contributed by atoms with Crippen LogP contribution in [0.2, 0.25) is 0 Å². The Balaban J connectivity index is 0.000000963. The average Bonchev–Trinajstić information content (AvgIpc) is 2.82. The number of benzene rings is 1. The van der Waals surface area contributed by atoms with Crippen molar-refractivity contribution in [1.82, 2.24) is 4.98 Å². The number of fused-ring (bicyclic) bond motifs is 1. The molecule has 2 aromatic heterocycles. The first-order valence-electron chi connectivity index (χ1n) is 4.65. The molecule has 0 fully saturated rings. The SMILES string of the molecule is [Y].[c-]1occc1-c1[c-]ccc2ccncc12. The molecule has 2 nitrogen and oxygen atoms in total. The van der Waals surface area contributed by atoms with Crippen LogP contribution in [0.5, 0.6) is 0 Å². The zero-order valence-corrected chi connectivity index (χ0v) is 11.3. The number of aromatic nitrogens is 1. The van der Waals surface area contributed by atoms with Crippen LogP contribution in [0.25, 0.3) is 21.9 Å². The summed E-state index contributed by atoms with van der Waals surface area (Å²) >= 11 is 0. The monoisotopic (exact) mass is 282 g/mol. The molecule has 3 heteroatoms. The summed E-state index contributed by atoms with van der Waals surface area (Å²) in [5.74, 6) is 0. The fourth-order valence-electron chi connectivity index (χ4n) is 1.64. The molecule has 0 aliphatic heterocycles. The van der Waals surface area contributed by atoms with Gasteiger partial charge in [0.15, 0.2) is 0 Å². The molecule has 0 N–H and O–H groups in total. The van der Waals surface area contributed by atoms with Gasteiger partial charge in [-0.05, 0) is 18.7 Å². The topological polar surface area (TPSA) is 26.0 Å². The second kappa shape index (κ2) is 4.90. The second-order valence-corrected chi connectivity index (χ2v) is 3.25. The van der Waals surface area contributed by atoms with E-state index >= 15 is 0 Å². The van der Waals surface area contributed by atoms with Crippen LogP contribution in [0.15, 0.2) is 47.3 Å². The van der Waals surface area contributed by atoms with Crippen molar-refractivity contribution in [3.8, 4) is 11.1 Å². The maximum absolute atomic E-state index is 4.95. The molecule has 1 aromatic carbocycles. The quantitative estimate of drug-likeness (QED) is 0.641. The van der Waals surface area contributed by atoms with Gasteiger partial charge in [0.1, 0.15) is 0 Å². The van der Waals surface area contributed by atoms with Crippen molar-refractivity contribution in [2.45, 2.75) is 0 Å². The number of rotatable bonds is 1. The van der Waals surface area contributed by atoms with E-state index in [0.29, 0.717) is 0 Å². The van der Waals surface area contributed by atoms with E-state index in [-0.39, 0.29) is 32.7 Å². The summed E-state index contributed by atoms with van der Waals surface area (Å²) in [6, 6.07) is 11.0. The largest absolute Gasteiger partial charge is 0.576 e. The first-order valence-corrected chi connectivity index (χ1v) is 4.65. The maximum atomic E-state index is 4.95. The second-order valence-electron chi connectivity index (χ2n) is 3.25. The average molecular weight is 282 g/mol. The van der Waals surface area contributed by atoms with E-state index in [0.717, 1.165) is 21.9 Å². The Morgan fingerprint density at radius 3 is 2.94 bits per heavy atom. The van der Waals surface area contributed by atoms with Gasteiger partial charge in [-0.2, -0.15) is 23.8 Å². The van der Waals surface area contributed by atoms with E-state index in [1.807, 2.05) is 30.5 Å². The Bertz CT molecular complexity index is 584. The minimum Gasteiger partial charge on any atom is -0.576 e. The van der Waals surface area contributed by atoms with Crippen LogP contribution in [-0.4, -0.2) is 4.98 Å². The van der Waals surface area contributed by atoms with Gasteiger partial charge in [0.2, 0.25) is 0 Å². The van der Waals surface area contributed by atoms with Gasteiger partial charge in [-0.25, -0.2) is 5.56 Å². The third kappa shape index (κ3) is 1.95. The van der Waals surface area contributed by atoms with Gasteiger partial charge in [0.05, 0.1) is 0 Å². The third-order valence-corrected chi connectivity index (χ3v) is 2.36. The van der Waals surface area contributed by atoms with Gasteiger partial charge < -0.3 is 4.42 Å². The Labute approximate surface area is 119 Å². The molecule has 0 amide bonds. The van der Waals surface area contributed by atoms with Gasteiger partial charge in [-0.3, -0.25) is 4.98 Å². The minimum absolute atomic E-state index is 0. The standard InChI is InChI=1S/C13H7NO.Y/c1-2-10-4-6-14-8-13(10)12(3-1)11-5-7-15-9-11;/h1-2,4-8H;/q-2;. The van der Waals surface area contributed by atoms with Gasteiger partial charge in [0, 0.05) is 38.9 Å². The molecule has 0 aliphatic rings. The zero-order valence-electron chi connectivity index (χ0n) is 8.47. The molecule has 16 heavy (non-hydrogen) atoms. The molecule has 3 aromatic rings. The summed E-state index contributed by atoms with van der Waals surface area (Å²) in [5.41, 5.74) is 1.89. The summed E-state index contributed by atoms with van der Waals surface area (Å²) < 4.78 is 4.95. The molecule has 0 atom stereocenters. The fourth-order valence-corrected chi connectivity index (χ4v) is 1.64. The molecule has 75 valence electrons. The van der Waals surface area contributed by atoms with Crippen LogP contribution >= 0.6 is 0 Å². The first-order chi connectivity index (χ1) is 7.45. The zero-order chi connectivity index (χ0) is 10.1. The van der Waals surface area contributed by atoms with E-state index in [9.17, 15) is 0 Å². The normalized spacial score (nSPS) is 10.0. The molecule has 0 saturated heterocycles. The van der Waals surface area contributed by atoms with Gasteiger partial charge in [0.25, 0.3) is 0 Å². The third-order valence-electron chi connectivity index (χ3n) is 2.36. The maximum Gasteiger partial charge on any atom is 0.0247 e. The van der Waals surface area contributed by atoms with E-state index in [2.05, 4.69) is 17.3 Å². The van der Waals surface area contributed by atoms with Crippen LogP contribution in [0.1, 0.15) is 0 Å². The minimum atomic E-state index is 0. The van der Waals surface area contributed by atoms with Crippen molar-refractivity contribution in [1.29, 1.82) is 0 Å². The molecule has 1 radical (unpaired) electrons. The van der Waals surface area contributed by atoms with E-state index in [1.54, 1.807) is 12.5 Å². The number of pyridine rings is 1. The van der Waals surface area contributed by atoms with Gasteiger partial charge >= 0.3 is 0 Å². The van der Waals surface area contributed by atoms with E-state index in [4.69, 9.17) is 4.42 Å². The summed E-state index contributed by atoms with van der Waals surface area (Å²) in [6.45, 7) is 0. The number of hydrogen-bond acceptors (Lipinski definition) is 2. The number of nitrogens with zero attached hydrogens (tertiary/aromatic N) is 1. The van der Waals surface area contributed by atoms with E-state index in [1.165, 1.54) is 0 Å². The fraction of sp³-hybridized carbons (Fsp3) is 0. The molecule has 2 heterocycles. The van der Waals surface area contributed by atoms with Crippen molar-refractivity contribution < 1.29 is 37.1 Å². The number of hydrogen-bond donors (Lipinski definition) is 0.